The third-order valence-corrected chi connectivity index (χ3v) is 2.99. The van der Waals surface area contributed by atoms with Gasteiger partial charge in [0.25, 0.3) is 0 Å². The number of hydrogen-bond donors (Lipinski definition) is 2. The van der Waals surface area contributed by atoms with E-state index in [0.29, 0.717) is 12.8 Å². The summed E-state index contributed by atoms with van der Waals surface area (Å²) in [6.45, 7) is 4.87. The summed E-state index contributed by atoms with van der Waals surface area (Å²) in [7, 11) is 1.54. The summed E-state index contributed by atoms with van der Waals surface area (Å²) in [4.78, 5) is 21.8. The summed E-state index contributed by atoms with van der Waals surface area (Å²) in [6.07, 6.45) is 0.990. The lowest BCUT2D eigenvalue weighted by atomic mass is 9.96. The largest absolute Gasteiger partial charge is 0.480 e. The molecule has 0 spiro atoms. The Morgan fingerprint density at radius 1 is 1.63 bits per heavy atom. The van der Waals surface area contributed by atoms with Crippen LogP contribution in [0.15, 0.2) is 0 Å². The van der Waals surface area contributed by atoms with E-state index in [-0.39, 0.29) is 17.2 Å². The predicted octanol–water partition coefficient (Wildman–Crippen LogP) is 1.69. The van der Waals surface area contributed by atoms with Crippen LogP contribution in [0.4, 0.5) is 11.5 Å². The summed E-state index contributed by atoms with van der Waals surface area (Å²) in [5.74, 6) is -0.941. The van der Waals surface area contributed by atoms with E-state index in [9.17, 15) is 20.0 Å². The highest BCUT2D eigenvalue weighted by atomic mass is 16.6. The number of carbonyl (C=O) groups is 1. The van der Waals surface area contributed by atoms with Crippen LogP contribution in [0.5, 0.6) is 0 Å². The van der Waals surface area contributed by atoms with E-state index in [1.54, 1.807) is 0 Å². The van der Waals surface area contributed by atoms with Crippen LogP contribution in [0, 0.1) is 17.0 Å². The molecule has 1 aromatic heterocycles. The topological polar surface area (TPSA) is 110 Å². The van der Waals surface area contributed by atoms with Crippen LogP contribution in [0.1, 0.15) is 32.4 Å². The molecular weight excluding hydrogens is 252 g/mol. The minimum atomic E-state index is -1.26. The molecule has 1 unspecified atom stereocenters. The van der Waals surface area contributed by atoms with Gasteiger partial charge < -0.3 is 10.4 Å². The molecule has 0 aliphatic rings. The molecule has 0 aliphatic carbocycles. The first-order chi connectivity index (χ1) is 8.73. The molecule has 2 N–H and O–H groups in total. The molecule has 0 saturated heterocycles. The molecule has 1 aromatic rings. The van der Waals surface area contributed by atoms with Gasteiger partial charge in [-0.15, -0.1) is 0 Å². The normalized spacial score (nSPS) is 13.9. The van der Waals surface area contributed by atoms with Crippen molar-refractivity contribution in [1.82, 2.24) is 9.78 Å². The summed E-state index contributed by atoms with van der Waals surface area (Å²) < 4.78 is 1.30. The zero-order valence-corrected chi connectivity index (χ0v) is 11.4. The molecule has 8 heteroatoms. The first-order valence-electron chi connectivity index (χ1n) is 5.92. The number of nitro groups is 1. The van der Waals surface area contributed by atoms with Gasteiger partial charge in [-0.1, -0.05) is 13.3 Å². The number of hydrogen-bond acceptors (Lipinski definition) is 5. The van der Waals surface area contributed by atoms with Crippen molar-refractivity contribution in [3.05, 3.63) is 15.8 Å². The summed E-state index contributed by atoms with van der Waals surface area (Å²) in [5.41, 5.74) is -1.20. The second-order valence-corrected chi connectivity index (χ2v) is 4.68. The van der Waals surface area contributed by atoms with Gasteiger partial charge in [0, 0.05) is 7.05 Å². The molecule has 106 valence electrons. The van der Waals surface area contributed by atoms with Crippen molar-refractivity contribution in [3.63, 3.8) is 0 Å². The molecule has 1 heterocycles. The van der Waals surface area contributed by atoms with Crippen LogP contribution < -0.4 is 5.32 Å². The summed E-state index contributed by atoms with van der Waals surface area (Å²) in [6, 6.07) is 0. The van der Waals surface area contributed by atoms with Gasteiger partial charge in [0.15, 0.2) is 0 Å². The maximum atomic E-state index is 11.4. The van der Waals surface area contributed by atoms with Gasteiger partial charge in [-0.05, 0) is 20.3 Å². The van der Waals surface area contributed by atoms with Crippen molar-refractivity contribution in [2.45, 2.75) is 39.2 Å². The monoisotopic (exact) mass is 270 g/mol. The van der Waals surface area contributed by atoms with Crippen molar-refractivity contribution >= 4 is 17.5 Å². The maximum Gasteiger partial charge on any atom is 0.333 e. The van der Waals surface area contributed by atoms with E-state index >= 15 is 0 Å². The van der Waals surface area contributed by atoms with Crippen LogP contribution in [0.3, 0.4) is 0 Å². The van der Waals surface area contributed by atoms with Crippen LogP contribution in [0.2, 0.25) is 0 Å². The number of nitrogens with one attached hydrogen (secondary N) is 1. The van der Waals surface area contributed by atoms with E-state index in [1.807, 2.05) is 6.92 Å². The lowest BCUT2D eigenvalue weighted by Gasteiger charge is -2.26. The van der Waals surface area contributed by atoms with Gasteiger partial charge in [0.2, 0.25) is 5.82 Å². The SMILES string of the molecule is CCCC(C)(Nc1c([N+](=O)[O-])c(C)nn1C)C(=O)O. The van der Waals surface area contributed by atoms with E-state index in [4.69, 9.17) is 0 Å². The Labute approximate surface area is 110 Å². The van der Waals surface area contributed by atoms with Crippen molar-refractivity contribution < 1.29 is 14.8 Å². The predicted molar refractivity (Wildman–Crippen MR) is 69.2 cm³/mol. The van der Waals surface area contributed by atoms with E-state index in [0.717, 1.165) is 0 Å². The van der Waals surface area contributed by atoms with Crippen molar-refractivity contribution in [2.75, 3.05) is 5.32 Å². The van der Waals surface area contributed by atoms with Crippen molar-refractivity contribution in [2.24, 2.45) is 7.05 Å². The number of aliphatic carboxylic acids is 1. The van der Waals surface area contributed by atoms with Gasteiger partial charge >= 0.3 is 11.7 Å². The van der Waals surface area contributed by atoms with Gasteiger partial charge in [-0.2, -0.15) is 5.10 Å². The lowest BCUT2D eigenvalue weighted by Crippen LogP contribution is -2.43. The molecule has 19 heavy (non-hydrogen) atoms. The highest BCUT2D eigenvalue weighted by Gasteiger charge is 2.36. The van der Waals surface area contributed by atoms with Gasteiger partial charge in [0.1, 0.15) is 11.2 Å². The molecule has 0 amide bonds. The van der Waals surface area contributed by atoms with E-state index in [2.05, 4.69) is 10.4 Å². The molecule has 8 nitrogen and oxygen atoms in total. The summed E-state index contributed by atoms with van der Waals surface area (Å²) in [5, 5.41) is 27.0. The van der Waals surface area contributed by atoms with Gasteiger partial charge in [-0.3, -0.25) is 10.1 Å². The fourth-order valence-electron chi connectivity index (χ4n) is 1.99. The van der Waals surface area contributed by atoms with Crippen LogP contribution in [-0.2, 0) is 11.8 Å². The molecule has 0 aliphatic heterocycles. The highest BCUT2D eigenvalue weighted by molar-refractivity contribution is 5.83. The minimum Gasteiger partial charge on any atom is -0.480 e. The van der Waals surface area contributed by atoms with Crippen LogP contribution >= 0.6 is 0 Å². The number of aromatic nitrogens is 2. The third-order valence-electron chi connectivity index (χ3n) is 2.99. The van der Waals surface area contributed by atoms with Gasteiger partial charge in [0.05, 0.1) is 4.92 Å². The smallest absolute Gasteiger partial charge is 0.333 e. The summed E-state index contributed by atoms with van der Waals surface area (Å²) >= 11 is 0. The fourth-order valence-corrected chi connectivity index (χ4v) is 1.99. The molecular formula is C11H18N4O4. The molecule has 0 saturated carbocycles. The van der Waals surface area contributed by atoms with Crippen molar-refractivity contribution in [3.8, 4) is 0 Å². The zero-order valence-electron chi connectivity index (χ0n) is 11.4. The van der Waals surface area contributed by atoms with E-state index < -0.39 is 16.4 Å². The Balaban J connectivity index is 3.24. The number of anilines is 1. The standard InChI is InChI=1S/C11H18N4O4/c1-5-6-11(3,10(16)17)12-9-8(15(18)19)7(2)13-14(9)4/h12H,5-6H2,1-4H3,(H,16,17). The second-order valence-electron chi connectivity index (χ2n) is 4.68. The Morgan fingerprint density at radius 2 is 2.21 bits per heavy atom. The van der Waals surface area contributed by atoms with Gasteiger partial charge in [-0.25, -0.2) is 9.48 Å². The number of nitrogens with zero attached hydrogens (tertiary/aromatic N) is 3. The second kappa shape index (κ2) is 5.25. The Hall–Kier alpha value is -2.12. The zero-order chi connectivity index (χ0) is 14.8. The fraction of sp³-hybridized carbons (Fsp3) is 0.636. The quantitative estimate of drug-likeness (QED) is 0.601. The molecule has 0 bridgehead atoms. The molecule has 1 rings (SSSR count). The number of aryl methyl sites for hydroxylation is 2. The Kier molecular flexibility index (Phi) is 4.13. The Morgan fingerprint density at radius 3 is 2.63 bits per heavy atom. The molecule has 1 atom stereocenters. The number of rotatable bonds is 6. The molecule has 0 fully saturated rings. The molecule has 0 radical (unpaired) electrons. The average Bonchev–Trinajstić information content (AvgIpc) is 2.53. The van der Waals surface area contributed by atoms with Crippen LogP contribution in [0.25, 0.3) is 0 Å². The Bertz CT molecular complexity index is 511. The van der Waals surface area contributed by atoms with E-state index in [1.165, 1.54) is 25.6 Å². The average molecular weight is 270 g/mol. The lowest BCUT2D eigenvalue weighted by molar-refractivity contribution is -0.384. The number of carboxylic acids is 1. The maximum absolute atomic E-state index is 11.4. The highest BCUT2D eigenvalue weighted by Crippen LogP contribution is 2.31. The van der Waals surface area contributed by atoms with Crippen LogP contribution in [-0.4, -0.2) is 31.3 Å². The first-order valence-corrected chi connectivity index (χ1v) is 5.92. The molecule has 0 aromatic carbocycles. The minimum absolute atomic E-state index is 0.112. The third kappa shape index (κ3) is 2.83. The number of carboxylic acid groups (broad SMARTS) is 1. The van der Waals surface area contributed by atoms with Crippen molar-refractivity contribution in [1.29, 1.82) is 0 Å². The first kappa shape index (κ1) is 14.9.